The van der Waals surface area contributed by atoms with E-state index in [1.807, 2.05) is 49.4 Å². The highest BCUT2D eigenvalue weighted by Crippen LogP contribution is 2.11. The zero-order valence-corrected chi connectivity index (χ0v) is 12.9. The van der Waals surface area contributed by atoms with Crippen molar-refractivity contribution in [2.24, 2.45) is 0 Å². The summed E-state index contributed by atoms with van der Waals surface area (Å²) in [6.07, 6.45) is 0. The molecule has 0 radical (unpaired) electrons. The van der Waals surface area contributed by atoms with E-state index in [9.17, 15) is 4.79 Å². The molecule has 0 saturated heterocycles. The van der Waals surface area contributed by atoms with Gasteiger partial charge in [0, 0.05) is 17.6 Å². The number of benzene rings is 2. The Hall–Kier alpha value is -1.81. The van der Waals surface area contributed by atoms with E-state index in [1.165, 1.54) is 5.56 Å². The summed E-state index contributed by atoms with van der Waals surface area (Å²) in [7, 11) is 0. The van der Waals surface area contributed by atoms with Crippen molar-refractivity contribution in [3.63, 3.8) is 0 Å². The lowest BCUT2D eigenvalue weighted by Gasteiger charge is -2.08. The van der Waals surface area contributed by atoms with Crippen LogP contribution >= 0.6 is 15.9 Å². The molecule has 0 unspecified atom stereocenters. The van der Waals surface area contributed by atoms with Gasteiger partial charge in [-0.05, 0) is 30.2 Å². The highest BCUT2D eigenvalue weighted by atomic mass is 79.9. The van der Waals surface area contributed by atoms with Crippen LogP contribution in [0, 0.1) is 6.92 Å². The molecule has 0 aromatic heterocycles. The van der Waals surface area contributed by atoms with E-state index in [4.69, 9.17) is 0 Å². The van der Waals surface area contributed by atoms with Crippen molar-refractivity contribution in [2.75, 3.05) is 0 Å². The molecular formula is C16H17BrN2O. The Morgan fingerprint density at radius 2 is 1.60 bits per heavy atom. The first-order valence-electron chi connectivity index (χ1n) is 6.45. The molecule has 3 nitrogen and oxygen atoms in total. The van der Waals surface area contributed by atoms with Gasteiger partial charge in [0.2, 0.25) is 0 Å². The number of aryl methyl sites for hydroxylation is 1. The Bertz CT molecular complexity index is 547. The van der Waals surface area contributed by atoms with Crippen LogP contribution in [-0.2, 0) is 13.1 Å². The van der Waals surface area contributed by atoms with Gasteiger partial charge in [0.05, 0.1) is 0 Å². The van der Waals surface area contributed by atoms with E-state index >= 15 is 0 Å². The van der Waals surface area contributed by atoms with Gasteiger partial charge in [-0.15, -0.1) is 0 Å². The normalized spacial score (nSPS) is 10.1. The first kappa shape index (κ1) is 14.6. The number of nitrogens with one attached hydrogen (secondary N) is 2. The maximum atomic E-state index is 11.7. The van der Waals surface area contributed by atoms with Crippen LogP contribution < -0.4 is 10.6 Å². The predicted octanol–water partition coefficient (Wildman–Crippen LogP) is 3.76. The van der Waals surface area contributed by atoms with Crippen molar-refractivity contribution in [3.8, 4) is 0 Å². The summed E-state index contributed by atoms with van der Waals surface area (Å²) in [6.45, 7) is 3.09. The standard InChI is InChI=1S/C16H17BrN2O/c1-12-4-2-5-13(8-12)10-18-16(20)19-11-14-6-3-7-15(17)9-14/h2-9H,10-11H2,1H3,(H2,18,19,20). The summed E-state index contributed by atoms with van der Waals surface area (Å²) >= 11 is 3.41. The zero-order valence-electron chi connectivity index (χ0n) is 11.3. The first-order valence-corrected chi connectivity index (χ1v) is 7.24. The van der Waals surface area contributed by atoms with Gasteiger partial charge in [-0.3, -0.25) is 0 Å². The summed E-state index contributed by atoms with van der Waals surface area (Å²) < 4.78 is 1.01. The molecule has 2 amide bonds. The van der Waals surface area contributed by atoms with Gasteiger partial charge in [0.1, 0.15) is 0 Å². The maximum absolute atomic E-state index is 11.7. The third-order valence-electron chi connectivity index (χ3n) is 2.88. The van der Waals surface area contributed by atoms with Gasteiger partial charge >= 0.3 is 6.03 Å². The number of halogens is 1. The third-order valence-corrected chi connectivity index (χ3v) is 3.37. The smallest absolute Gasteiger partial charge is 0.315 e. The number of amides is 2. The van der Waals surface area contributed by atoms with Crippen LogP contribution in [0.2, 0.25) is 0 Å². The highest BCUT2D eigenvalue weighted by molar-refractivity contribution is 9.10. The fraction of sp³-hybridized carbons (Fsp3) is 0.188. The lowest BCUT2D eigenvalue weighted by molar-refractivity contribution is 0.240. The summed E-state index contributed by atoms with van der Waals surface area (Å²) in [4.78, 5) is 11.7. The van der Waals surface area contributed by atoms with Gasteiger partial charge in [-0.2, -0.15) is 0 Å². The largest absolute Gasteiger partial charge is 0.334 e. The molecule has 2 N–H and O–H groups in total. The average molecular weight is 333 g/mol. The van der Waals surface area contributed by atoms with E-state index in [0.29, 0.717) is 13.1 Å². The minimum Gasteiger partial charge on any atom is -0.334 e. The minimum absolute atomic E-state index is 0.161. The van der Waals surface area contributed by atoms with Crippen molar-refractivity contribution in [1.82, 2.24) is 10.6 Å². The summed E-state index contributed by atoms with van der Waals surface area (Å²) in [5, 5.41) is 5.69. The second-order valence-electron chi connectivity index (χ2n) is 4.66. The fourth-order valence-corrected chi connectivity index (χ4v) is 2.34. The molecule has 0 atom stereocenters. The molecule has 2 rings (SSSR count). The van der Waals surface area contributed by atoms with Gasteiger partial charge in [-0.25, -0.2) is 4.79 Å². The summed E-state index contributed by atoms with van der Waals surface area (Å²) in [5.41, 5.74) is 3.35. The molecule has 0 aliphatic carbocycles. The Morgan fingerprint density at radius 1 is 1.00 bits per heavy atom. The van der Waals surface area contributed by atoms with Crippen LogP contribution in [-0.4, -0.2) is 6.03 Å². The van der Waals surface area contributed by atoms with E-state index in [-0.39, 0.29) is 6.03 Å². The fourth-order valence-electron chi connectivity index (χ4n) is 1.90. The van der Waals surface area contributed by atoms with E-state index in [2.05, 4.69) is 32.6 Å². The molecule has 0 fully saturated rings. The second kappa shape index (κ2) is 7.10. The van der Waals surface area contributed by atoms with E-state index in [1.54, 1.807) is 0 Å². The lowest BCUT2D eigenvalue weighted by Crippen LogP contribution is -2.34. The van der Waals surface area contributed by atoms with Crippen LogP contribution in [0.4, 0.5) is 4.79 Å². The number of urea groups is 1. The predicted molar refractivity (Wildman–Crippen MR) is 84.4 cm³/mol. The molecule has 0 aliphatic rings. The highest BCUT2D eigenvalue weighted by Gasteiger charge is 2.01. The van der Waals surface area contributed by atoms with E-state index in [0.717, 1.165) is 15.6 Å². The SMILES string of the molecule is Cc1cccc(CNC(=O)NCc2cccc(Br)c2)c1. The molecule has 0 saturated carbocycles. The van der Waals surface area contributed by atoms with Crippen LogP contribution in [0.5, 0.6) is 0 Å². The lowest BCUT2D eigenvalue weighted by atomic mass is 10.1. The number of carbonyl (C=O) groups excluding carboxylic acids is 1. The molecule has 4 heteroatoms. The molecular weight excluding hydrogens is 316 g/mol. The molecule has 20 heavy (non-hydrogen) atoms. The van der Waals surface area contributed by atoms with Crippen LogP contribution in [0.25, 0.3) is 0 Å². The average Bonchev–Trinajstić information content (AvgIpc) is 2.43. The second-order valence-corrected chi connectivity index (χ2v) is 5.57. The monoisotopic (exact) mass is 332 g/mol. The molecule has 2 aromatic rings. The Kier molecular flexibility index (Phi) is 5.18. The number of hydrogen-bond acceptors (Lipinski definition) is 1. The van der Waals surface area contributed by atoms with Crippen molar-refractivity contribution < 1.29 is 4.79 Å². The molecule has 104 valence electrons. The van der Waals surface area contributed by atoms with Crippen molar-refractivity contribution in [3.05, 3.63) is 69.7 Å². The zero-order chi connectivity index (χ0) is 14.4. The van der Waals surface area contributed by atoms with Crippen LogP contribution in [0.15, 0.2) is 53.0 Å². The maximum Gasteiger partial charge on any atom is 0.315 e. The first-order chi connectivity index (χ1) is 9.63. The third kappa shape index (κ3) is 4.70. The molecule has 0 aliphatic heterocycles. The quantitative estimate of drug-likeness (QED) is 0.879. The van der Waals surface area contributed by atoms with E-state index < -0.39 is 0 Å². The van der Waals surface area contributed by atoms with Crippen molar-refractivity contribution in [1.29, 1.82) is 0 Å². The topological polar surface area (TPSA) is 41.1 Å². The number of rotatable bonds is 4. The van der Waals surface area contributed by atoms with Crippen LogP contribution in [0.1, 0.15) is 16.7 Å². The van der Waals surface area contributed by atoms with Crippen LogP contribution in [0.3, 0.4) is 0 Å². The molecule has 0 heterocycles. The summed E-state index contributed by atoms with van der Waals surface area (Å²) in [5.74, 6) is 0. The van der Waals surface area contributed by atoms with Gasteiger partial charge in [0.15, 0.2) is 0 Å². The van der Waals surface area contributed by atoms with Gasteiger partial charge in [0.25, 0.3) is 0 Å². The number of carbonyl (C=O) groups is 1. The number of hydrogen-bond donors (Lipinski definition) is 2. The molecule has 0 bridgehead atoms. The summed E-state index contributed by atoms with van der Waals surface area (Å²) in [6, 6.07) is 15.8. The molecule has 0 spiro atoms. The minimum atomic E-state index is -0.161. The Morgan fingerprint density at radius 3 is 2.20 bits per heavy atom. The van der Waals surface area contributed by atoms with Crippen molar-refractivity contribution >= 4 is 22.0 Å². The Labute approximate surface area is 127 Å². The Balaban J connectivity index is 1.78. The molecule has 2 aromatic carbocycles. The van der Waals surface area contributed by atoms with Gasteiger partial charge < -0.3 is 10.6 Å². The van der Waals surface area contributed by atoms with Gasteiger partial charge in [-0.1, -0.05) is 57.9 Å². The van der Waals surface area contributed by atoms with Crippen molar-refractivity contribution in [2.45, 2.75) is 20.0 Å².